The van der Waals surface area contributed by atoms with E-state index in [1.807, 2.05) is 27.7 Å². The summed E-state index contributed by atoms with van der Waals surface area (Å²) in [6, 6.07) is 0. The molecule has 0 unspecified atom stereocenters. The maximum atomic E-state index is 11.9. The molecule has 1 fully saturated rings. The second-order valence-electron chi connectivity index (χ2n) is 5.43. The van der Waals surface area contributed by atoms with Crippen LogP contribution in [0.3, 0.4) is 0 Å². The van der Waals surface area contributed by atoms with Crippen LogP contribution in [0.2, 0.25) is 0 Å². The van der Waals surface area contributed by atoms with E-state index in [0.29, 0.717) is 0 Å². The molecule has 0 aromatic heterocycles. The van der Waals surface area contributed by atoms with Crippen molar-refractivity contribution in [2.24, 2.45) is 23.7 Å². The first-order valence-electron chi connectivity index (χ1n) is 6.10. The van der Waals surface area contributed by atoms with Crippen LogP contribution in [-0.4, -0.2) is 11.8 Å². The topological polar surface area (TPSA) is 46.2 Å². The molecule has 0 bridgehead atoms. The molecule has 0 aromatic carbocycles. The summed E-state index contributed by atoms with van der Waals surface area (Å²) < 4.78 is 0. The lowest BCUT2D eigenvalue weighted by Crippen LogP contribution is -2.33. The minimum Gasteiger partial charge on any atom is -0.296 e. The lowest BCUT2D eigenvalue weighted by molar-refractivity contribution is -0.126. The zero-order chi connectivity index (χ0) is 12.7. The van der Waals surface area contributed by atoms with Crippen LogP contribution in [0.15, 0.2) is 23.3 Å². The Bertz CT molecular complexity index is 430. The van der Waals surface area contributed by atoms with Crippen LogP contribution in [0.5, 0.6) is 0 Å². The first kappa shape index (κ1) is 12.1. The summed E-state index contributed by atoms with van der Waals surface area (Å²) in [5.74, 6) is -0.393. The molecule has 0 aromatic rings. The Labute approximate surface area is 102 Å². The van der Waals surface area contributed by atoms with Gasteiger partial charge in [-0.05, 0) is 26.7 Å². The molecule has 3 heteroatoms. The van der Waals surface area contributed by atoms with Crippen molar-refractivity contribution in [3.8, 4) is 0 Å². The van der Waals surface area contributed by atoms with E-state index < -0.39 is 0 Å². The fraction of sp³-hybridized carbons (Fsp3) is 0.571. The van der Waals surface area contributed by atoms with Crippen molar-refractivity contribution >= 4 is 11.8 Å². The van der Waals surface area contributed by atoms with Gasteiger partial charge in [0, 0.05) is 5.92 Å². The molecule has 2 rings (SSSR count). The molecule has 1 aliphatic heterocycles. The number of hydrogen-bond acceptors (Lipinski definition) is 2. The molecule has 0 radical (unpaired) electrons. The fourth-order valence-electron chi connectivity index (χ4n) is 2.95. The number of hydrogen-bond donors (Lipinski definition) is 1. The zero-order valence-electron chi connectivity index (χ0n) is 10.8. The second-order valence-corrected chi connectivity index (χ2v) is 5.43. The average Bonchev–Trinajstić information content (AvgIpc) is 2.49. The Morgan fingerprint density at radius 1 is 1.24 bits per heavy atom. The summed E-state index contributed by atoms with van der Waals surface area (Å²) >= 11 is 0. The van der Waals surface area contributed by atoms with Crippen molar-refractivity contribution in [1.82, 2.24) is 5.32 Å². The van der Waals surface area contributed by atoms with Crippen LogP contribution in [0.4, 0.5) is 0 Å². The maximum Gasteiger partial charge on any atom is 0.231 e. The highest BCUT2D eigenvalue weighted by atomic mass is 16.2. The Hall–Kier alpha value is -1.38. The van der Waals surface area contributed by atoms with E-state index in [0.717, 1.165) is 0 Å². The van der Waals surface area contributed by atoms with E-state index in [1.165, 1.54) is 11.1 Å². The van der Waals surface area contributed by atoms with E-state index in [-0.39, 0.29) is 35.5 Å². The normalized spacial score (nSPS) is 36.1. The summed E-state index contributed by atoms with van der Waals surface area (Å²) in [7, 11) is 0. The quantitative estimate of drug-likeness (QED) is 0.556. The van der Waals surface area contributed by atoms with Crippen molar-refractivity contribution in [3.63, 3.8) is 0 Å². The van der Waals surface area contributed by atoms with E-state index in [1.54, 1.807) is 0 Å². The lowest BCUT2D eigenvalue weighted by Gasteiger charge is -2.32. The molecule has 17 heavy (non-hydrogen) atoms. The van der Waals surface area contributed by atoms with Crippen LogP contribution in [0.1, 0.15) is 27.7 Å². The summed E-state index contributed by atoms with van der Waals surface area (Å²) in [6.07, 6.45) is 4.22. The average molecular weight is 233 g/mol. The van der Waals surface area contributed by atoms with Gasteiger partial charge in [0.2, 0.25) is 11.8 Å². The summed E-state index contributed by atoms with van der Waals surface area (Å²) in [6.45, 7) is 8.11. The fourth-order valence-corrected chi connectivity index (χ4v) is 2.95. The van der Waals surface area contributed by atoms with Crippen molar-refractivity contribution < 1.29 is 9.59 Å². The Morgan fingerprint density at radius 2 is 1.82 bits per heavy atom. The Kier molecular flexibility index (Phi) is 2.94. The van der Waals surface area contributed by atoms with Crippen molar-refractivity contribution in [3.05, 3.63) is 23.3 Å². The third-order valence-corrected chi connectivity index (χ3v) is 3.89. The summed E-state index contributed by atoms with van der Waals surface area (Å²) in [5.41, 5.74) is 2.39. The van der Waals surface area contributed by atoms with Gasteiger partial charge >= 0.3 is 0 Å². The Morgan fingerprint density at radius 3 is 2.41 bits per heavy atom. The van der Waals surface area contributed by atoms with Gasteiger partial charge in [0.25, 0.3) is 0 Å². The van der Waals surface area contributed by atoms with Gasteiger partial charge in [-0.3, -0.25) is 14.9 Å². The molecule has 3 nitrogen and oxygen atoms in total. The van der Waals surface area contributed by atoms with Gasteiger partial charge in [0.1, 0.15) is 0 Å². The van der Waals surface area contributed by atoms with Gasteiger partial charge < -0.3 is 0 Å². The number of fused-ring (bicyclic) bond motifs is 1. The second kappa shape index (κ2) is 4.13. The molecule has 0 spiro atoms. The first-order chi connectivity index (χ1) is 7.91. The van der Waals surface area contributed by atoms with Gasteiger partial charge in [-0.25, -0.2) is 0 Å². The van der Waals surface area contributed by atoms with Crippen LogP contribution >= 0.6 is 0 Å². The first-order valence-corrected chi connectivity index (χ1v) is 6.10. The summed E-state index contributed by atoms with van der Waals surface area (Å²) in [4.78, 5) is 23.7. The zero-order valence-corrected chi connectivity index (χ0v) is 10.8. The number of amides is 2. The van der Waals surface area contributed by atoms with E-state index in [9.17, 15) is 9.59 Å². The molecule has 1 N–H and O–H groups in total. The van der Waals surface area contributed by atoms with Crippen molar-refractivity contribution in [2.75, 3.05) is 0 Å². The molecule has 2 amide bonds. The highest BCUT2D eigenvalue weighted by Gasteiger charge is 2.49. The van der Waals surface area contributed by atoms with Gasteiger partial charge in [0.05, 0.1) is 11.8 Å². The number of rotatable bonds is 1. The number of carbonyl (C=O) groups is 2. The molecular weight excluding hydrogens is 214 g/mol. The third kappa shape index (κ3) is 1.94. The van der Waals surface area contributed by atoms with Gasteiger partial charge in [-0.15, -0.1) is 0 Å². The summed E-state index contributed by atoms with van der Waals surface area (Å²) in [5, 5.41) is 2.47. The smallest absolute Gasteiger partial charge is 0.231 e. The monoisotopic (exact) mass is 233 g/mol. The van der Waals surface area contributed by atoms with Crippen LogP contribution in [0, 0.1) is 23.7 Å². The minimum absolute atomic E-state index is 0.0626. The largest absolute Gasteiger partial charge is 0.296 e. The highest BCUT2D eigenvalue weighted by Crippen LogP contribution is 2.42. The van der Waals surface area contributed by atoms with E-state index in [2.05, 4.69) is 17.5 Å². The molecule has 2 aliphatic rings. The van der Waals surface area contributed by atoms with Crippen LogP contribution < -0.4 is 5.32 Å². The standard InChI is InChI=1S/C14H19NO2/c1-7(2)5-10-6-8(3)9(4)11-12(10)14(17)15-13(11)16/h5-6,9-12H,1-4H3,(H,15,16,17)/t9-,10-,11+,12+/m0/s1. The molecule has 0 saturated carbocycles. The van der Waals surface area contributed by atoms with Gasteiger partial charge in [0.15, 0.2) is 0 Å². The number of allylic oxidation sites excluding steroid dienone is 4. The molecule has 4 atom stereocenters. The van der Waals surface area contributed by atoms with E-state index >= 15 is 0 Å². The SMILES string of the molecule is CC(C)=C[C@H]1C=C(C)[C@H](C)[C@H]2C(=O)NC(=O)[C@H]12. The number of carbonyl (C=O) groups excluding carboxylic acids is 2. The molecule has 1 saturated heterocycles. The molecule has 92 valence electrons. The van der Waals surface area contributed by atoms with E-state index in [4.69, 9.17) is 0 Å². The molecule has 1 heterocycles. The lowest BCUT2D eigenvalue weighted by atomic mass is 9.69. The molecular formula is C14H19NO2. The van der Waals surface area contributed by atoms with Crippen LogP contribution in [0.25, 0.3) is 0 Å². The predicted octanol–water partition coefficient (Wildman–Crippen LogP) is 2.05. The Balaban J connectivity index is 2.44. The van der Waals surface area contributed by atoms with Gasteiger partial charge in [-0.2, -0.15) is 0 Å². The highest BCUT2D eigenvalue weighted by molar-refractivity contribution is 6.06. The van der Waals surface area contributed by atoms with Crippen molar-refractivity contribution in [1.29, 1.82) is 0 Å². The number of imide groups is 1. The van der Waals surface area contributed by atoms with Gasteiger partial charge in [-0.1, -0.05) is 30.2 Å². The third-order valence-electron chi connectivity index (χ3n) is 3.89. The minimum atomic E-state index is -0.212. The molecule has 1 aliphatic carbocycles. The maximum absolute atomic E-state index is 11.9. The number of nitrogens with one attached hydrogen (secondary N) is 1. The van der Waals surface area contributed by atoms with Crippen molar-refractivity contribution in [2.45, 2.75) is 27.7 Å². The predicted molar refractivity (Wildman–Crippen MR) is 66.0 cm³/mol. The van der Waals surface area contributed by atoms with Crippen LogP contribution in [-0.2, 0) is 9.59 Å².